The summed E-state index contributed by atoms with van der Waals surface area (Å²) in [5, 5.41) is 10.0. The van der Waals surface area contributed by atoms with Crippen molar-refractivity contribution in [2.45, 2.75) is 45.7 Å². The quantitative estimate of drug-likeness (QED) is 0.820. The molecule has 1 aliphatic rings. The van der Waals surface area contributed by atoms with E-state index in [1.54, 1.807) is 0 Å². The number of aryl methyl sites for hydroxylation is 3. The van der Waals surface area contributed by atoms with Gasteiger partial charge in [0.05, 0.1) is 5.69 Å². The van der Waals surface area contributed by atoms with Crippen molar-refractivity contribution in [2.24, 2.45) is 0 Å². The van der Waals surface area contributed by atoms with Gasteiger partial charge in [-0.05, 0) is 26.3 Å². The van der Waals surface area contributed by atoms with Gasteiger partial charge in [-0.15, -0.1) is 0 Å². The standard InChI is InChI=1S/C13H20N4O2/c1-9-7-10(2)17(16-9)6-5-13(19)15-11-3-4-12(18)14-8-11/h7,11H,3-6,8H2,1-2H3,(H,14,18)(H,15,19). The first-order valence-corrected chi connectivity index (χ1v) is 6.61. The fourth-order valence-electron chi connectivity index (χ4n) is 2.26. The Hall–Kier alpha value is -1.85. The maximum Gasteiger partial charge on any atom is 0.222 e. The van der Waals surface area contributed by atoms with Crippen LogP contribution in [0.1, 0.15) is 30.7 Å². The molecule has 2 N–H and O–H groups in total. The van der Waals surface area contributed by atoms with Gasteiger partial charge in [0, 0.05) is 37.7 Å². The number of amides is 2. The summed E-state index contributed by atoms with van der Waals surface area (Å²) in [6.07, 6.45) is 1.62. The summed E-state index contributed by atoms with van der Waals surface area (Å²) in [7, 11) is 0. The molecular formula is C13H20N4O2. The Morgan fingerprint density at radius 3 is 2.95 bits per heavy atom. The predicted molar refractivity (Wildman–Crippen MR) is 70.5 cm³/mol. The molecule has 19 heavy (non-hydrogen) atoms. The molecule has 0 spiro atoms. The molecule has 0 saturated carbocycles. The summed E-state index contributed by atoms with van der Waals surface area (Å²) in [5.41, 5.74) is 2.03. The zero-order chi connectivity index (χ0) is 13.8. The average molecular weight is 264 g/mol. The lowest BCUT2D eigenvalue weighted by Gasteiger charge is -2.23. The molecule has 0 bridgehead atoms. The Labute approximate surface area is 112 Å². The molecule has 1 saturated heterocycles. The number of aromatic nitrogens is 2. The summed E-state index contributed by atoms with van der Waals surface area (Å²) in [5.74, 6) is 0.0712. The summed E-state index contributed by atoms with van der Waals surface area (Å²) >= 11 is 0. The Bertz CT molecular complexity index is 471. The van der Waals surface area contributed by atoms with E-state index in [-0.39, 0.29) is 17.9 Å². The second-order valence-corrected chi connectivity index (χ2v) is 5.01. The minimum Gasteiger partial charge on any atom is -0.354 e. The highest BCUT2D eigenvalue weighted by Gasteiger charge is 2.19. The van der Waals surface area contributed by atoms with Crippen LogP contribution in [0.5, 0.6) is 0 Å². The lowest BCUT2D eigenvalue weighted by molar-refractivity contribution is -0.125. The van der Waals surface area contributed by atoms with Crippen molar-refractivity contribution in [3.8, 4) is 0 Å². The molecule has 0 aromatic carbocycles. The largest absolute Gasteiger partial charge is 0.354 e. The highest BCUT2D eigenvalue weighted by Crippen LogP contribution is 2.05. The zero-order valence-corrected chi connectivity index (χ0v) is 11.4. The molecule has 0 radical (unpaired) electrons. The van der Waals surface area contributed by atoms with E-state index in [1.165, 1.54) is 0 Å². The smallest absolute Gasteiger partial charge is 0.222 e. The number of hydrogen-bond acceptors (Lipinski definition) is 3. The van der Waals surface area contributed by atoms with Gasteiger partial charge in [0.1, 0.15) is 0 Å². The van der Waals surface area contributed by atoms with Gasteiger partial charge >= 0.3 is 0 Å². The van der Waals surface area contributed by atoms with Crippen molar-refractivity contribution >= 4 is 11.8 Å². The van der Waals surface area contributed by atoms with Gasteiger partial charge in [0.25, 0.3) is 0 Å². The first-order valence-electron chi connectivity index (χ1n) is 6.61. The van der Waals surface area contributed by atoms with Crippen LogP contribution >= 0.6 is 0 Å². The van der Waals surface area contributed by atoms with E-state index in [2.05, 4.69) is 15.7 Å². The van der Waals surface area contributed by atoms with Gasteiger partial charge in [-0.25, -0.2) is 0 Å². The van der Waals surface area contributed by atoms with Crippen molar-refractivity contribution in [1.82, 2.24) is 20.4 Å². The van der Waals surface area contributed by atoms with E-state index in [1.807, 2.05) is 24.6 Å². The number of carbonyl (C=O) groups excluding carboxylic acids is 2. The lowest BCUT2D eigenvalue weighted by atomic mass is 10.1. The van der Waals surface area contributed by atoms with Gasteiger partial charge in [0.15, 0.2) is 0 Å². The van der Waals surface area contributed by atoms with Crippen LogP contribution in [0.25, 0.3) is 0 Å². The second kappa shape index (κ2) is 5.86. The third-order valence-corrected chi connectivity index (χ3v) is 3.28. The molecule has 2 amide bonds. The van der Waals surface area contributed by atoms with Crippen LogP contribution in [0, 0.1) is 13.8 Å². The number of rotatable bonds is 4. The number of nitrogens with one attached hydrogen (secondary N) is 2. The van der Waals surface area contributed by atoms with E-state index in [4.69, 9.17) is 0 Å². The maximum absolute atomic E-state index is 11.8. The fraction of sp³-hybridized carbons (Fsp3) is 0.615. The van der Waals surface area contributed by atoms with E-state index < -0.39 is 0 Å². The molecule has 1 unspecified atom stereocenters. The molecule has 1 atom stereocenters. The summed E-state index contributed by atoms with van der Waals surface area (Å²) in [6, 6.07) is 2.06. The van der Waals surface area contributed by atoms with E-state index in [0.717, 1.165) is 17.8 Å². The third-order valence-electron chi connectivity index (χ3n) is 3.28. The highest BCUT2D eigenvalue weighted by molar-refractivity contribution is 5.78. The molecule has 1 aromatic rings. The topological polar surface area (TPSA) is 76.0 Å². The van der Waals surface area contributed by atoms with E-state index in [9.17, 15) is 9.59 Å². The SMILES string of the molecule is Cc1cc(C)n(CCC(=O)NC2CCC(=O)NC2)n1. The molecule has 1 aliphatic heterocycles. The summed E-state index contributed by atoms with van der Waals surface area (Å²) < 4.78 is 1.84. The molecular weight excluding hydrogens is 244 g/mol. The van der Waals surface area contributed by atoms with Crippen molar-refractivity contribution in [3.63, 3.8) is 0 Å². The third kappa shape index (κ3) is 3.81. The molecule has 6 nitrogen and oxygen atoms in total. The fourth-order valence-corrected chi connectivity index (χ4v) is 2.26. The second-order valence-electron chi connectivity index (χ2n) is 5.01. The number of piperidine rings is 1. The van der Waals surface area contributed by atoms with E-state index >= 15 is 0 Å². The first kappa shape index (κ1) is 13.6. The number of carbonyl (C=O) groups is 2. The van der Waals surface area contributed by atoms with Crippen LogP contribution < -0.4 is 10.6 Å². The van der Waals surface area contributed by atoms with Crippen molar-refractivity contribution in [3.05, 3.63) is 17.5 Å². The molecule has 2 heterocycles. The predicted octanol–water partition coefficient (Wildman–Crippen LogP) is 0.285. The minimum atomic E-state index is 0.00806. The Balaban J connectivity index is 1.75. The Morgan fingerprint density at radius 2 is 2.37 bits per heavy atom. The van der Waals surface area contributed by atoms with Crippen LogP contribution in [0.4, 0.5) is 0 Å². The lowest BCUT2D eigenvalue weighted by Crippen LogP contribution is -2.47. The minimum absolute atomic E-state index is 0.00806. The average Bonchev–Trinajstić information content (AvgIpc) is 2.68. The van der Waals surface area contributed by atoms with Crippen molar-refractivity contribution in [2.75, 3.05) is 6.54 Å². The first-order chi connectivity index (χ1) is 9.04. The van der Waals surface area contributed by atoms with Crippen LogP contribution in [-0.4, -0.2) is 34.2 Å². The Morgan fingerprint density at radius 1 is 1.58 bits per heavy atom. The molecule has 2 rings (SSSR count). The highest BCUT2D eigenvalue weighted by atomic mass is 16.2. The molecule has 1 fully saturated rings. The van der Waals surface area contributed by atoms with Gasteiger partial charge in [0.2, 0.25) is 11.8 Å². The maximum atomic E-state index is 11.8. The van der Waals surface area contributed by atoms with Gasteiger partial charge in [-0.2, -0.15) is 5.10 Å². The van der Waals surface area contributed by atoms with Gasteiger partial charge in [-0.1, -0.05) is 0 Å². The van der Waals surface area contributed by atoms with E-state index in [0.29, 0.717) is 25.9 Å². The van der Waals surface area contributed by atoms with Crippen LogP contribution in [-0.2, 0) is 16.1 Å². The van der Waals surface area contributed by atoms with Crippen LogP contribution in [0.15, 0.2) is 6.07 Å². The molecule has 6 heteroatoms. The normalized spacial score (nSPS) is 19.1. The number of nitrogens with zero attached hydrogens (tertiary/aromatic N) is 2. The summed E-state index contributed by atoms with van der Waals surface area (Å²) in [4.78, 5) is 22.8. The van der Waals surface area contributed by atoms with Crippen LogP contribution in [0.2, 0.25) is 0 Å². The number of hydrogen-bond donors (Lipinski definition) is 2. The van der Waals surface area contributed by atoms with Crippen molar-refractivity contribution < 1.29 is 9.59 Å². The molecule has 0 aliphatic carbocycles. The molecule has 104 valence electrons. The Kier molecular flexibility index (Phi) is 4.19. The van der Waals surface area contributed by atoms with Gasteiger partial charge in [-0.3, -0.25) is 14.3 Å². The van der Waals surface area contributed by atoms with Crippen LogP contribution in [0.3, 0.4) is 0 Å². The monoisotopic (exact) mass is 264 g/mol. The van der Waals surface area contributed by atoms with Crippen molar-refractivity contribution in [1.29, 1.82) is 0 Å². The zero-order valence-electron chi connectivity index (χ0n) is 11.4. The van der Waals surface area contributed by atoms with Gasteiger partial charge < -0.3 is 10.6 Å². The molecule has 1 aromatic heterocycles. The summed E-state index contributed by atoms with van der Waals surface area (Å²) in [6.45, 7) is 5.04.